The summed E-state index contributed by atoms with van der Waals surface area (Å²) < 4.78 is 25.1. The fourth-order valence-corrected chi connectivity index (χ4v) is 9.48. The molecule has 26 heavy (non-hydrogen) atoms. The summed E-state index contributed by atoms with van der Waals surface area (Å²) in [7, 11) is -1.05. The van der Waals surface area contributed by atoms with Gasteiger partial charge in [0.1, 0.15) is 5.75 Å². The molecular weight excluding hydrogens is 343 g/mol. The molecule has 1 aromatic rings. The normalized spacial score (nSPS) is 27.7. The lowest BCUT2D eigenvalue weighted by Crippen LogP contribution is -2.43. The molecule has 5 heteroatoms. The summed E-state index contributed by atoms with van der Waals surface area (Å²) in [6.07, 6.45) is 4.84. The van der Waals surface area contributed by atoms with Gasteiger partial charge in [0.05, 0.1) is 12.8 Å². The van der Waals surface area contributed by atoms with Crippen LogP contribution in [-0.2, 0) is 4.57 Å². The first-order valence-corrected chi connectivity index (χ1v) is 11.8. The predicted octanol–water partition coefficient (Wildman–Crippen LogP) is 5.69. The molecule has 0 radical (unpaired) electrons. The summed E-state index contributed by atoms with van der Waals surface area (Å²) in [6.45, 7) is 11.0. The standard InChI is InChI=1S/C21H35N2O2P/c1-15(2)22-20-12-7-8-13-21(20)23(16(3)4)26(22,24)17(5)18-10-9-11-19(14-18)25-6/h9-11,14-17,20-21H,7-8,12-13H2,1-6H3/t17-,20-,21-/m1/s1. The number of ether oxygens (including phenoxy) is 1. The molecule has 146 valence electrons. The van der Waals surface area contributed by atoms with Crippen molar-refractivity contribution < 1.29 is 9.30 Å². The third-order valence-electron chi connectivity index (χ3n) is 6.17. The van der Waals surface area contributed by atoms with Gasteiger partial charge in [-0.2, -0.15) is 0 Å². The van der Waals surface area contributed by atoms with E-state index >= 15 is 0 Å². The van der Waals surface area contributed by atoms with Crippen molar-refractivity contribution in [2.45, 2.75) is 90.1 Å². The van der Waals surface area contributed by atoms with Crippen LogP contribution < -0.4 is 4.74 Å². The first kappa shape index (κ1) is 19.9. The summed E-state index contributed by atoms with van der Waals surface area (Å²) in [5.41, 5.74) is 1.08. The third kappa shape index (κ3) is 3.15. The minimum Gasteiger partial charge on any atom is -0.497 e. The van der Waals surface area contributed by atoms with E-state index in [-0.39, 0.29) is 17.7 Å². The maximum Gasteiger partial charge on any atom is 0.224 e. The number of nitrogens with zero attached hydrogens (tertiary/aromatic N) is 2. The Labute approximate surface area is 159 Å². The van der Waals surface area contributed by atoms with Gasteiger partial charge in [-0.25, -0.2) is 9.34 Å². The van der Waals surface area contributed by atoms with E-state index in [0.29, 0.717) is 12.1 Å². The smallest absolute Gasteiger partial charge is 0.224 e. The van der Waals surface area contributed by atoms with E-state index in [4.69, 9.17) is 4.74 Å². The summed E-state index contributed by atoms with van der Waals surface area (Å²) in [6, 6.07) is 9.54. The number of fused-ring (bicyclic) bond motifs is 1. The van der Waals surface area contributed by atoms with Crippen molar-refractivity contribution in [3.63, 3.8) is 0 Å². The Morgan fingerprint density at radius 2 is 1.54 bits per heavy atom. The van der Waals surface area contributed by atoms with E-state index in [1.54, 1.807) is 7.11 Å². The van der Waals surface area contributed by atoms with Crippen molar-refractivity contribution in [1.82, 2.24) is 9.34 Å². The van der Waals surface area contributed by atoms with Gasteiger partial charge in [-0.05, 0) is 65.2 Å². The first-order chi connectivity index (χ1) is 12.3. The molecule has 1 aliphatic carbocycles. The molecule has 2 aliphatic rings. The molecule has 1 heterocycles. The molecule has 3 rings (SSSR count). The topological polar surface area (TPSA) is 32.8 Å². The summed E-state index contributed by atoms with van der Waals surface area (Å²) >= 11 is 0. The molecule has 1 saturated carbocycles. The molecule has 1 aromatic carbocycles. The quantitative estimate of drug-likeness (QED) is 0.616. The minimum atomic E-state index is -2.74. The van der Waals surface area contributed by atoms with Gasteiger partial charge < -0.3 is 4.74 Å². The molecule has 0 bridgehead atoms. The van der Waals surface area contributed by atoms with Crippen molar-refractivity contribution in [3.05, 3.63) is 29.8 Å². The zero-order valence-corrected chi connectivity index (χ0v) is 18.1. The lowest BCUT2D eigenvalue weighted by atomic mass is 9.89. The molecule has 0 aromatic heterocycles. The molecule has 0 unspecified atom stereocenters. The van der Waals surface area contributed by atoms with Crippen LogP contribution in [0.3, 0.4) is 0 Å². The van der Waals surface area contributed by atoms with E-state index in [0.717, 1.165) is 11.3 Å². The van der Waals surface area contributed by atoms with Gasteiger partial charge >= 0.3 is 0 Å². The van der Waals surface area contributed by atoms with Crippen molar-refractivity contribution in [3.8, 4) is 5.75 Å². The van der Waals surface area contributed by atoms with Crippen LogP contribution in [0.25, 0.3) is 0 Å². The summed E-state index contributed by atoms with van der Waals surface area (Å²) in [4.78, 5) is 0. The van der Waals surface area contributed by atoms with Gasteiger partial charge in [-0.1, -0.05) is 25.0 Å². The van der Waals surface area contributed by atoms with Crippen LogP contribution in [0.1, 0.15) is 71.5 Å². The highest BCUT2D eigenvalue weighted by Crippen LogP contribution is 2.72. The van der Waals surface area contributed by atoms with Gasteiger partial charge in [-0.15, -0.1) is 0 Å². The lowest BCUT2D eigenvalue weighted by molar-refractivity contribution is 0.173. The predicted molar refractivity (Wildman–Crippen MR) is 109 cm³/mol. The van der Waals surface area contributed by atoms with Crippen molar-refractivity contribution in [1.29, 1.82) is 0 Å². The van der Waals surface area contributed by atoms with Crippen LogP contribution in [0.15, 0.2) is 24.3 Å². The second-order valence-corrected chi connectivity index (χ2v) is 11.3. The Hall–Kier alpha value is -0.830. The minimum absolute atomic E-state index is 0.0343. The Bertz CT molecular complexity index is 648. The van der Waals surface area contributed by atoms with E-state index in [9.17, 15) is 4.57 Å². The highest BCUT2D eigenvalue weighted by molar-refractivity contribution is 7.59. The number of methoxy groups -OCH3 is 1. The summed E-state index contributed by atoms with van der Waals surface area (Å²) in [5, 5.41) is 0. The van der Waals surface area contributed by atoms with Crippen LogP contribution in [-0.4, -0.2) is 40.6 Å². The van der Waals surface area contributed by atoms with Gasteiger partial charge in [0.15, 0.2) is 0 Å². The zero-order chi connectivity index (χ0) is 19.1. The van der Waals surface area contributed by atoms with E-state index < -0.39 is 7.44 Å². The van der Waals surface area contributed by atoms with Crippen LogP contribution in [0.4, 0.5) is 0 Å². The SMILES string of the molecule is COc1cccc([C@@H](C)P2(=O)N(C(C)C)[C@@H]3CCCC[C@H]3N2C(C)C)c1. The highest BCUT2D eigenvalue weighted by atomic mass is 31.2. The molecule has 3 atom stereocenters. The van der Waals surface area contributed by atoms with Crippen LogP contribution in [0.2, 0.25) is 0 Å². The lowest BCUT2D eigenvalue weighted by Gasteiger charge is -2.40. The average molecular weight is 378 g/mol. The maximum absolute atomic E-state index is 14.8. The Morgan fingerprint density at radius 3 is 2.00 bits per heavy atom. The maximum atomic E-state index is 14.8. The molecule has 2 fully saturated rings. The fraction of sp³-hybridized carbons (Fsp3) is 0.714. The monoisotopic (exact) mass is 378 g/mol. The molecular formula is C21H35N2O2P. The number of rotatable bonds is 5. The van der Waals surface area contributed by atoms with Crippen molar-refractivity contribution in [2.75, 3.05) is 7.11 Å². The van der Waals surface area contributed by atoms with Gasteiger partial charge in [-0.3, -0.25) is 4.57 Å². The molecule has 1 aliphatic heterocycles. The Morgan fingerprint density at radius 1 is 1.00 bits per heavy atom. The first-order valence-electron chi connectivity index (χ1n) is 10.1. The van der Waals surface area contributed by atoms with E-state index in [1.807, 2.05) is 12.1 Å². The van der Waals surface area contributed by atoms with E-state index in [1.165, 1.54) is 25.7 Å². The molecule has 0 amide bonds. The Kier molecular flexibility index (Phi) is 5.86. The van der Waals surface area contributed by atoms with Crippen LogP contribution in [0, 0.1) is 0 Å². The number of benzene rings is 1. The van der Waals surface area contributed by atoms with Crippen molar-refractivity contribution in [2.24, 2.45) is 0 Å². The molecule has 0 N–H and O–H groups in total. The molecule has 1 saturated heterocycles. The fourth-order valence-electron chi connectivity index (χ4n) is 5.18. The van der Waals surface area contributed by atoms with Gasteiger partial charge in [0.2, 0.25) is 7.44 Å². The van der Waals surface area contributed by atoms with Crippen molar-refractivity contribution >= 4 is 7.44 Å². The van der Waals surface area contributed by atoms with Gasteiger partial charge in [0, 0.05) is 24.2 Å². The second kappa shape index (κ2) is 7.66. The van der Waals surface area contributed by atoms with Gasteiger partial charge in [0.25, 0.3) is 0 Å². The van der Waals surface area contributed by atoms with Crippen LogP contribution in [0.5, 0.6) is 5.75 Å². The highest BCUT2D eigenvalue weighted by Gasteiger charge is 2.58. The number of hydrogen-bond acceptors (Lipinski definition) is 2. The molecule has 4 nitrogen and oxygen atoms in total. The average Bonchev–Trinajstić information content (AvgIpc) is 2.90. The number of hydrogen-bond donors (Lipinski definition) is 0. The third-order valence-corrected chi connectivity index (χ3v) is 10.3. The van der Waals surface area contributed by atoms with E-state index in [2.05, 4.69) is 56.1 Å². The summed E-state index contributed by atoms with van der Waals surface area (Å²) in [5.74, 6) is 0.838. The zero-order valence-electron chi connectivity index (χ0n) is 17.2. The van der Waals surface area contributed by atoms with Crippen LogP contribution >= 0.6 is 7.44 Å². The Balaban J connectivity index is 2.10. The second-order valence-electron chi connectivity index (χ2n) is 8.41. The molecule has 0 spiro atoms. The largest absolute Gasteiger partial charge is 0.497 e.